The number of amides is 1. The van der Waals surface area contributed by atoms with Crippen molar-refractivity contribution in [3.63, 3.8) is 0 Å². The van der Waals surface area contributed by atoms with E-state index < -0.39 is 5.91 Å². The van der Waals surface area contributed by atoms with Gasteiger partial charge < -0.3 is 20.2 Å². The number of ether oxygens (including phenoxy) is 2. The van der Waals surface area contributed by atoms with Crippen LogP contribution in [0, 0.1) is 0 Å². The van der Waals surface area contributed by atoms with E-state index in [4.69, 9.17) is 26.8 Å². The molecule has 7 nitrogen and oxygen atoms in total. The minimum atomic E-state index is -0.502. The van der Waals surface area contributed by atoms with Crippen molar-refractivity contribution in [2.45, 2.75) is 0 Å². The fraction of sp³-hybridized carbons (Fsp3) is 0.0455. The smallest absolute Gasteiger partial charge is 0.248 e. The lowest BCUT2D eigenvalue weighted by Crippen LogP contribution is -2.10. The quantitative estimate of drug-likeness (QED) is 0.487. The first-order valence-electron chi connectivity index (χ1n) is 9.03. The fourth-order valence-corrected chi connectivity index (χ4v) is 3.57. The Labute approximate surface area is 175 Å². The average Bonchev–Trinajstić information content (AvgIpc) is 3.38. The molecule has 0 spiro atoms. The first kappa shape index (κ1) is 18.2. The van der Waals surface area contributed by atoms with Crippen LogP contribution in [0.5, 0.6) is 11.5 Å². The molecule has 0 saturated heterocycles. The molecule has 1 amide bonds. The van der Waals surface area contributed by atoms with Crippen molar-refractivity contribution in [3.8, 4) is 22.9 Å². The predicted octanol–water partition coefficient (Wildman–Crippen LogP) is 3.94. The van der Waals surface area contributed by atoms with Gasteiger partial charge in [-0.3, -0.25) is 9.59 Å². The summed E-state index contributed by atoms with van der Waals surface area (Å²) in [5, 5.41) is 0.302. The van der Waals surface area contributed by atoms with Crippen LogP contribution >= 0.6 is 11.6 Å². The van der Waals surface area contributed by atoms with Gasteiger partial charge in [0.25, 0.3) is 0 Å². The highest BCUT2D eigenvalue weighted by molar-refractivity contribution is 6.35. The lowest BCUT2D eigenvalue weighted by molar-refractivity contribution is 0.0998. The van der Waals surface area contributed by atoms with Crippen LogP contribution in [0.3, 0.4) is 0 Å². The van der Waals surface area contributed by atoms with Gasteiger partial charge in [-0.05, 0) is 24.3 Å². The highest BCUT2D eigenvalue weighted by atomic mass is 35.5. The number of fused-ring (bicyclic) bond motifs is 2. The van der Waals surface area contributed by atoms with Gasteiger partial charge in [-0.15, -0.1) is 0 Å². The molecule has 3 N–H and O–H groups in total. The summed E-state index contributed by atoms with van der Waals surface area (Å²) in [7, 11) is 0. The first-order chi connectivity index (χ1) is 14.5. The second kappa shape index (κ2) is 6.89. The van der Waals surface area contributed by atoms with E-state index in [1.165, 1.54) is 0 Å². The van der Waals surface area contributed by atoms with Crippen molar-refractivity contribution in [2.75, 3.05) is 6.79 Å². The van der Waals surface area contributed by atoms with Crippen molar-refractivity contribution < 1.29 is 19.1 Å². The number of hydrogen-bond acceptors (Lipinski definition) is 5. The molecule has 5 rings (SSSR count). The molecular weight excluding hydrogens is 406 g/mol. The monoisotopic (exact) mass is 419 g/mol. The average molecular weight is 420 g/mol. The number of aromatic nitrogens is 2. The molecule has 1 aliphatic heterocycles. The fourth-order valence-electron chi connectivity index (χ4n) is 3.33. The standard InChI is InChI=1S/C22H14ClN3O4/c23-15-9-19-18(29-10-30-19)8-14(15)20(27)11-1-3-12(4-2-11)22-25-16-6-5-13(21(24)28)7-17(16)26-22/h1-9H,10H2,(H2,24,28)(H,25,26). The van der Waals surface area contributed by atoms with Crippen LogP contribution in [0.4, 0.5) is 0 Å². The molecule has 0 saturated carbocycles. The SMILES string of the molecule is NC(=O)c1ccc2nc(-c3ccc(C(=O)c4cc5c(cc4Cl)OCO5)cc3)[nH]c2c1. The van der Waals surface area contributed by atoms with Crippen LogP contribution in [0.1, 0.15) is 26.3 Å². The summed E-state index contributed by atoms with van der Waals surface area (Å²) in [4.78, 5) is 32.0. The van der Waals surface area contributed by atoms with Crippen molar-refractivity contribution in [3.05, 3.63) is 76.3 Å². The van der Waals surface area contributed by atoms with Crippen LogP contribution in [0.2, 0.25) is 5.02 Å². The van der Waals surface area contributed by atoms with Crippen molar-refractivity contribution in [1.29, 1.82) is 0 Å². The highest BCUT2D eigenvalue weighted by Gasteiger charge is 2.21. The highest BCUT2D eigenvalue weighted by Crippen LogP contribution is 2.37. The van der Waals surface area contributed by atoms with Gasteiger partial charge in [-0.1, -0.05) is 35.9 Å². The largest absolute Gasteiger partial charge is 0.454 e. The Kier molecular flexibility index (Phi) is 4.18. The zero-order chi connectivity index (χ0) is 20.8. The molecule has 3 aromatic carbocycles. The Hall–Kier alpha value is -3.84. The summed E-state index contributed by atoms with van der Waals surface area (Å²) in [5.41, 5.74) is 8.76. The lowest BCUT2D eigenvalue weighted by Gasteiger charge is -2.06. The first-order valence-corrected chi connectivity index (χ1v) is 9.41. The van der Waals surface area contributed by atoms with E-state index in [2.05, 4.69) is 9.97 Å². The molecule has 0 radical (unpaired) electrons. The van der Waals surface area contributed by atoms with E-state index >= 15 is 0 Å². The number of carbonyl (C=O) groups is 2. The summed E-state index contributed by atoms with van der Waals surface area (Å²) in [6.45, 7) is 0.108. The van der Waals surface area contributed by atoms with Crippen LogP contribution < -0.4 is 15.2 Å². The topological polar surface area (TPSA) is 107 Å². The molecule has 148 valence electrons. The van der Waals surface area contributed by atoms with Crippen LogP contribution in [-0.2, 0) is 0 Å². The third-order valence-electron chi connectivity index (χ3n) is 4.89. The van der Waals surface area contributed by atoms with Gasteiger partial charge in [-0.25, -0.2) is 4.98 Å². The minimum absolute atomic E-state index is 0.108. The van der Waals surface area contributed by atoms with Crippen LogP contribution in [0.15, 0.2) is 54.6 Å². The number of ketones is 1. The molecule has 0 unspecified atom stereocenters. The Morgan fingerprint density at radius 2 is 1.67 bits per heavy atom. The summed E-state index contributed by atoms with van der Waals surface area (Å²) in [6, 6.07) is 15.2. The minimum Gasteiger partial charge on any atom is -0.454 e. The maximum Gasteiger partial charge on any atom is 0.248 e. The number of benzene rings is 3. The van der Waals surface area contributed by atoms with E-state index in [9.17, 15) is 9.59 Å². The number of nitrogens with one attached hydrogen (secondary N) is 1. The number of primary amides is 1. The number of halogens is 1. The number of carbonyl (C=O) groups excluding carboxylic acids is 2. The number of nitrogens with zero attached hydrogens (tertiary/aromatic N) is 1. The predicted molar refractivity (Wildman–Crippen MR) is 111 cm³/mol. The Morgan fingerprint density at radius 3 is 2.40 bits per heavy atom. The van der Waals surface area contributed by atoms with Crippen LogP contribution in [0.25, 0.3) is 22.4 Å². The molecule has 8 heteroatoms. The molecule has 1 aliphatic rings. The number of H-pyrrole nitrogens is 1. The maximum absolute atomic E-state index is 12.9. The number of rotatable bonds is 4. The number of aromatic amines is 1. The van der Waals surface area contributed by atoms with Crippen molar-refractivity contribution in [2.24, 2.45) is 5.73 Å². The number of hydrogen-bond donors (Lipinski definition) is 2. The molecule has 2 heterocycles. The Bertz CT molecular complexity index is 1330. The normalized spacial score (nSPS) is 12.3. The van der Waals surface area contributed by atoms with Gasteiger partial charge in [-0.2, -0.15) is 0 Å². The number of imidazole rings is 1. The van der Waals surface area contributed by atoms with E-state index in [0.717, 1.165) is 5.56 Å². The molecule has 30 heavy (non-hydrogen) atoms. The molecular formula is C22H14ClN3O4. The van der Waals surface area contributed by atoms with Gasteiger partial charge in [0, 0.05) is 28.3 Å². The molecule has 0 fully saturated rings. The van der Waals surface area contributed by atoms with Gasteiger partial charge in [0.05, 0.1) is 16.1 Å². The summed E-state index contributed by atoms with van der Waals surface area (Å²) >= 11 is 6.26. The Morgan fingerprint density at radius 1 is 0.967 bits per heavy atom. The molecule has 4 aromatic rings. The summed E-state index contributed by atoms with van der Waals surface area (Å²) < 4.78 is 10.6. The van der Waals surface area contributed by atoms with E-state index in [1.807, 2.05) is 0 Å². The third kappa shape index (κ3) is 3.05. The zero-order valence-corrected chi connectivity index (χ0v) is 16.2. The lowest BCUT2D eigenvalue weighted by atomic mass is 10.0. The van der Waals surface area contributed by atoms with E-state index in [1.54, 1.807) is 54.6 Å². The third-order valence-corrected chi connectivity index (χ3v) is 5.21. The molecule has 0 aliphatic carbocycles. The Balaban J connectivity index is 1.45. The molecule has 0 atom stereocenters. The van der Waals surface area contributed by atoms with Gasteiger partial charge in [0.2, 0.25) is 12.7 Å². The summed E-state index contributed by atoms with van der Waals surface area (Å²) in [6.07, 6.45) is 0. The van der Waals surface area contributed by atoms with Crippen molar-refractivity contribution >= 4 is 34.3 Å². The second-order valence-electron chi connectivity index (χ2n) is 6.77. The van der Waals surface area contributed by atoms with Gasteiger partial charge >= 0.3 is 0 Å². The summed E-state index contributed by atoms with van der Waals surface area (Å²) in [5.74, 6) is 0.915. The van der Waals surface area contributed by atoms with E-state index in [0.29, 0.717) is 50.1 Å². The maximum atomic E-state index is 12.9. The van der Waals surface area contributed by atoms with Crippen molar-refractivity contribution in [1.82, 2.24) is 9.97 Å². The number of nitrogens with two attached hydrogens (primary N) is 1. The van der Waals surface area contributed by atoms with Gasteiger partial charge in [0.15, 0.2) is 17.3 Å². The van der Waals surface area contributed by atoms with Crippen LogP contribution in [-0.4, -0.2) is 28.5 Å². The zero-order valence-electron chi connectivity index (χ0n) is 15.4. The van der Waals surface area contributed by atoms with Gasteiger partial charge in [0.1, 0.15) is 5.82 Å². The molecule has 1 aromatic heterocycles. The second-order valence-corrected chi connectivity index (χ2v) is 7.18. The van der Waals surface area contributed by atoms with E-state index in [-0.39, 0.29) is 12.6 Å². The molecule has 0 bridgehead atoms.